The van der Waals surface area contributed by atoms with E-state index in [-0.39, 0.29) is 0 Å². The number of anilines is 1. The van der Waals surface area contributed by atoms with Gasteiger partial charge in [0.25, 0.3) is 0 Å². The molecule has 2 rings (SSSR count). The van der Waals surface area contributed by atoms with Crippen LogP contribution in [0.25, 0.3) is 0 Å². The third kappa shape index (κ3) is 3.44. The van der Waals surface area contributed by atoms with E-state index in [1.165, 1.54) is 7.11 Å². The van der Waals surface area contributed by atoms with Crippen LogP contribution in [0.15, 0.2) is 18.3 Å². The minimum atomic E-state index is -0.417. The Morgan fingerprint density at radius 3 is 3.21 bits per heavy atom. The first kappa shape index (κ1) is 13.8. The van der Waals surface area contributed by atoms with Crippen LogP contribution < -0.4 is 5.32 Å². The molecule has 5 heteroatoms. The molecule has 0 aliphatic carbocycles. The van der Waals surface area contributed by atoms with E-state index in [4.69, 9.17) is 4.74 Å². The van der Waals surface area contributed by atoms with Gasteiger partial charge in [-0.15, -0.1) is 0 Å². The van der Waals surface area contributed by atoms with E-state index in [1.807, 2.05) is 6.07 Å². The standard InChI is InChI=1S/C14H20N2O3/c1-3-13-10(5-7-19-13)9-16-11-4-6-15-12(8-11)14(17)18-2/h4,6,8,10,13H,3,5,7,9H2,1-2H3,(H,15,16). The third-order valence-corrected chi connectivity index (χ3v) is 3.47. The van der Waals surface area contributed by atoms with E-state index in [1.54, 1.807) is 12.3 Å². The fourth-order valence-electron chi connectivity index (χ4n) is 2.38. The molecule has 1 aromatic rings. The number of ether oxygens (including phenoxy) is 2. The maximum atomic E-state index is 11.4. The molecule has 0 aromatic carbocycles. The van der Waals surface area contributed by atoms with Gasteiger partial charge in [-0.2, -0.15) is 0 Å². The van der Waals surface area contributed by atoms with Crippen molar-refractivity contribution < 1.29 is 14.3 Å². The maximum absolute atomic E-state index is 11.4. The Kier molecular flexibility index (Phi) is 4.74. The van der Waals surface area contributed by atoms with E-state index in [0.717, 1.165) is 31.7 Å². The Bertz CT molecular complexity index is 436. The van der Waals surface area contributed by atoms with Crippen molar-refractivity contribution in [3.8, 4) is 0 Å². The maximum Gasteiger partial charge on any atom is 0.356 e. The number of aromatic nitrogens is 1. The zero-order valence-corrected chi connectivity index (χ0v) is 11.4. The van der Waals surface area contributed by atoms with Crippen molar-refractivity contribution in [1.82, 2.24) is 4.98 Å². The second-order valence-electron chi connectivity index (χ2n) is 4.67. The predicted molar refractivity (Wildman–Crippen MR) is 72.2 cm³/mol. The van der Waals surface area contributed by atoms with Crippen molar-refractivity contribution in [3.05, 3.63) is 24.0 Å². The summed E-state index contributed by atoms with van der Waals surface area (Å²) in [6.07, 6.45) is 4.07. The SMILES string of the molecule is CCC1OCCC1CNc1ccnc(C(=O)OC)c1. The molecule has 0 spiro atoms. The molecule has 0 bridgehead atoms. The molecule has 0 amide bonds. The van der Waals surface area contributed by atoms with Crippen molar-refractivity contribution in [2.45, 2.75) is 25.9 Å². The molecule has 0 saturated carbocycles. The quantitative estimate of drug-likeness (QED) is 0.825. The summed E-state index contributed by atoms with van der Waals surface area (Å²) in [5.74, 6) is 0.110. The van der Waals surface area contributed by atoms with Gasteiger partial charge in [-0.1, -0.05) is 6.92 Å². The summed E-state index contributed by atoms with van der Waals surface area (Å²) in [5.41, 5.74) is 1.21. The number of carbonyl (C=O) groups excluding carboxylic acids is 1. The number of hydrogen-bond donors (Lipinski definition) is 1. The van der Waals surface area contributed by atoms with Crippen molar-refractivity contribution in [1.29, 1.82) is 0 Å². The van der Waals surface area contributed by atoms with Gasteiger partial charge in [0.2, 0.25) is 0 Å². The molecular weight excluding hydrogens is 244 g/mol. The molecule has 1 saturated heterocycles. The third-order valence-electron chi connectivity index (χ3n) is 3.47. The fraction of sp³-hybridized carbons (Fsp3) is 0.571. The Hall–Kier alpha value is -1.62. The van der Waals surface area contributed by atoms with Crippen molar-refractivity contribution in [3.63, 3.8) is 0 Å². The number of pyridine rings is 1. The molecule has 1 aromatic heterocycles. The van der Waals surface area contributed by atoms with Crippen LogP contribution in [0.4, 0.5) is 5.69 Å². The lowest BCUT2D eigenvalue weighted by molar-refractivity contribution is 0.0594. The van der Waals surface area contributed by atoms with E-state index in [0.29, 0.717) is 17.7 Å². The predicted octanol–water partition coefficient (Wildman–Crippen LogP) is 2.10. The van der Waals surface area contributed by atoms with Gasteiger partial charge in [-0.05, 0) is 25.0 Å². The number of rotatable bonds is 5. The highest BCUT2D eigenvalue weighted by Gasteiger charge is 2.26. The summed E-state index contributed by atoms with van der Waals surface area (Å²) in [4.78, 5) is 15.4. The largest absolute Gasteiger partial charge is 0.464 e. The molecule has 104 valence electrons. The lowest BCUT2D eigenvalue weighted by atomic mass is 9.99. The van der Waals surface area contributed by atoms with E-state index in [2.05, 4.69) is 22.0 Å². The minimum Gasteiger partial charge on any atom is -0.464 e. The van der Waals surface area contributed by atoms with Gasteiger partial charge in [0.1, 0.15) is 5.69 Å². The Balaban J connectivity index is 1.94. The highest BCUT2D eigenvalue weighted by molar-refractivity contribution is 5.88. The van der Waals surface area contributed by atoms with Crippen molar-refractivity contribution in [2.75, 3.05) is 25.6 Å². The van der Waals surface area contributed by atoms with Gasteiger partial charge in [-0.3, -0.25) is 0 Å². The zero-order chi connectivity index (χ0) is 13.7. The molecule has 2 unspecified atom stereocenters. The smallest absolute Gasteiger partial charge is 0.356 e. The van der Waals surface area contributed by atoms with Crippen LogP contribution in [-0.2, 0) is 9.47 Å². The number of nitrogens with zero attached hydrogens (tertiary/aromatic N) is 1. The summed E-state index contributed by atoms with van der Waals surface area (Å²) in [7, 11) is 1.35. The number of nitrogens with one attached hydrogen (secondary N) is 1. The van der Waals surface area contributed by atoms with Gasteiger partial charge in [0.05, 0.1) is 13.2 Å². The first-order valence-corrected chi connectivity index (χ1v) is 6.64. The molecule has 19 heavy (non-hydrogen) atoms. The summed E-state index contributed by atoms with van der Waals surface area (Å²) in [5, 5.41) is 3.34. The van der Waals surface area contributed by atoms with Crippen LogP contribution in [-0.4, -0.2) is 37.3 Å². The monoisotopic (exact) mass is 264 g/mol. The molecule has 1 aliphatic heterocycles. The number of hydrogen-bond acceptors (Lipinski definition) is 5. The fourth-order valence-corrected chi connectivity index (χ4v) is 2.38. The van der Waals surface area contributed by atoms with Crippen LogP contribution in [0, 0.1) is 5.92 Å². The van der Waals surface area contributed by atoms with Crippen molar-refractivity contribution in [2.24, 2.45) is 5.92 Å². The van der Waals surface area contributed by atoms with Gasteiger partial charge >= 0.3 is 5.97 Å². The molecule has 5 nitrogen and oxygen atoms in total. The van der Waals surface area contributed by atoms with Crippen LogP contribution in [0.5, 0.6) is 0 Å². The lowest BCUT2D eigenvalue weighted by Crippen LogP contribution is -2.22. The number of esters is 1. The first-order chi connectivity index (χ1) is 9.24. The van der Waals surface area contributed by atoms with Crippen molar-refractivity contribution >= 4 is 11.7 Å². The first-order valence-electron chi connectivity index (χ1n) is 6.64. The Morgan fingerprint density at radius 1 is 1.63 bits per heavy atom. The Labute approximate surface area is 113 Å². The lowest BCUT2D eigenvalue weighted by Gasteiger charge is -2.18. The second kappa shape index (κ2) is 6.52. The second-order valence-corrected chi connectivity index (χ2v) is 4.67. The zero-order valence-electron chi connectivity index (χ0n) is 11.4. The van der Waals surface area contributed by atoms with Crippen LogP contribution in [0.2, 0.25) is 0 Å². The minimum absolute atomic E-state index is 0.321. The number of methoxy groups -OCH3 is 1. The molecule has 1 fully saturated rings. The Morgan fingerprint density at radius 2 is 2.47 bits per heavy atom. The topological polar surface area (TPSA) is 60.5 Å². The molecule has 1 aliphatic rings. The molecule has 1 N–H and O–H groups in total. The summed E-state index contributed by atoms with van der Waals surface area (Å²) in [6, 6.07) is 3.56. The van der Waals surface area contributed by atoms with Crippen LogP contribution in [0.3, 0.4) is 0 Å². The summed E-state index contributed by atoms with van der Waals surface area (Å²) in [6.45, 7) is 3.84. The van der Waals surface area contributed by atoms with Gasteiger partial charge in [0.15, 0.2) is 0 Å². The summed E-state index contributed by atoms with van der Waals surface area (Å²) < 4.78 is 10.3. The van der Waals surface area contributed by atoms with E-state index < -0.39 is 5.97 Å². The van der Waals surface area contributed by atoms with Gasteiger partial charge in [0, 0.05) is 31.0 Å². The van der Waals surface area contributed by atoms with E-state index >= 15 is 0 Å². The van der Waals surface area contributed by atoms with Gasteiger partial charge < -0.3 is 14.8 Å². The average Bonchev–Trinajstić information content (AvgIpc) is 2.92. The van der Waals surface area contributed by atoms with Gasteiger partial charge in [-0.25, -0.2) is 9.78 Å². The molecule has 2 atom stereocenters. The van der Waals surface area contributed by atoms with E-state index in [9.17, 15) is 4.79 Å². The highest BCUT2D eigenvalue weighted by Crippen LogP contribution is 2.23. The summed E-state index contributed by atoms with van der Waals surface area (Å²) >= 11 is 0. The molecule has 2 heterocycles. The van der Waals surface area contributed by atoms with Crippen LogP contribution >= 0.6 is 0 Å². The average molecular weight is 264 g/mol. The molecule has 0 radical (unpaired) electrons. The normalized spacial score (nSPS) is 22.2. The van der Waals surface area contributed by atoms with Crippen LogP contribution in [0.1, 0.15) is 30.3 Å². The molecular formula is C14H20N2O3. The highest BCUT2D eigenvalue weighted by atomic mass is 16.5. The number of carbonyl (C=O) groups is 1.